The Hall–Kier alpha value is -2.50. The van der Waals surface area contributed by atoms with Crippen LogP contribution in [0.1, 0.15) is 10.4 Å². The monoisotopic (exact) mass is 276 g/mol. The summed E-state index contributed by atoms with van der Waals surface area (Å²) in [5.41, 5.74) is 1.11. The lowest BCUT2D eigenvalue weighted by Crippen LogP contribution is -2.36. The van der Waals surface area contributed by atoms with Crippen LogP contribution in [0.4, 0.5) is 5.69 Å². The average molecular weight is 276 g/mol. The second-order valence-electron chi connectivity index (χ2n) is 4.33. The SMILES string of the molecule is C=CCN(CC(=O)O)C(=O)c1cccc2c1OCCN2. The van der Waals surface area contributed by atoms with E-state index >= 15 is 0 Å². The van der Waals surface area contributed by atoms with Gasteiger partial charge in [0.1, 0.15) is 13.2 Å². The van der Waals surface area contributed by atoms with E-state index in [1.165, 1.54) is 11.0 Å². The molecule has 20 heavy (non-hydrogen) atoms. The van der Waals surface area contributed by atoms with Crippen LogP contribution in [0.15, 0.2) is 30.9 Å². The van der Waals surface area contributed by atoms with Crippen molar-refractivity contribution in [1.29, 1.82) is 0 Å². The van der Waals surface area contributed by atoms with Gasteiger partial charge in [-0.3, -0.25) is 9.59 Å². The van der Waals surface area contributed by atoms with Crippen molar-refractivity contribution < 1.29 is 19.4 Å². The number of nitrogens with one attached hydrogen (secondary N) is 1. The highest BCUT2D eigenvalue weighted by atomic mass is 16.5. The minimum Gasteiger partial charge on any atom is -0.489 e. The first-order valence-corrected chi connectivity index (χ1v) is 6.25. The number of fused-ring (bicyclic) bond motifs is 1. The molecule has 0 fully saturated rings. The smallest absolute Gasteiger partial charge is 0.323 e. The van der Waals surface area contributed by atoms with Gasteiger partial charge in [-0.25, -0.2) is 0 Å². The zero-order chi connectivity index (χ0) is 14.5. The van der Waals surface area contributed by atoms with E-state index < -0.39 is 5.97 Å². The Morgan fingerprint density at radius 1 is 1.50 bits per heavy atom. The maximum absolute atomic E-state index is 12.4. The van der Waals surface area contributed by atoms with Crippen LogP contribution in [0.25, 0.3) is 0 Å². The first kappa shape index (κ1) is 13.9. The summed E-state index contributed by atoms with van der Waals surface area (Å²) in [6, 6.07) is 5.19. The summed E-state index contributed by atoms with van der Waals surface area (Å²) in [6.07, 6.45) is 1.50. The lowest BCUT2D eigenvalue weighted by Gasteiger charge is -2.24. The van der Waals surface area contributed by atoms with Crippen molar-refractivity contribution in [2.45, 2.75) is 0 Å². The quantitative estimate of drug-likeness (QED) is 0.790. The minimum atomic E-state index is -1.07. The molecule has 2 N–H and O–H groups in total. The number of hydrogen-bond acceptors (Lipinski definition) is 4. The van der Waals surface area contributed by atoms with E-state index in [0.717, 1.165) is 5.69 Å². The molecule has 1 aliphatic rings. The average Bonchev–Trinajstić information content (AvgIpc) is 2.45. The largest absolute Gasteiger partial charge is 0.489 e. The number of ether oxygens (including phenoxy) is 1. The number of benzene rings is 1. The second kappa shape index (κ2) is 6.10. The molecule has 6 nitrogen and oxygen atoms in total. The molecule has 1 aliphatic heterocycles. The van der Waals surface area contributed by atoms with Crippen LogP contribution < -0.4 is 10.1 Å². The van der Waals surface area contributed by atoms with Crippen molar-refractivity contribution in [1.82, 2.24) is 4.90 Å². The van der Waals surface area contributed by atoms with E-state index in [0.29, 0.717) is 24.5 Å². The van der Waals surface area contributed by atoms with Gasteiger partial charge in [0.05, 0.1) is 11.3 Å². The van der Waals surface area contributed by atoms with Gasteiger partial charge >= 0.3 is 5.97 Å². The van der Waals surface area contributed by atoms with Gasteiger partial charge in [0.2, 0.25) is 0 Å². The maximum atomic E-state index is 12.4. The molecule has 0 aliphatic carbocycles. The predicted octanol–water partition coefficient (Wildman–Crippen LogP) is 1.20. The van der Waals surface area contributed by atoms with Crippen molar-refractivity contribution in [3.8, 4) is 5.75 Å². The molecule has 0 spiro atoms. The van der Waals surface area contributed by atoms with Crippen molar-refractivity contribution in [3.05, 3.63) is 36.4 Å². The summed E-state index contributed by atoms with van der Waals surface area (Å²) >= 11 is 0. The normalized spacial score (nSPS) is 12.6. The number of hydrogen-bond donors (Lipinski definition) is 2. The molecule has 106 valence electrons. The summed E-state index contributed by atoms with van der Waals surface area (Å²) in [4.78, 5) is 24.5. The van der Waals surface area contributed by atoms with Crippen LogP contribution in [0.2, 0.25) is 0 Å². The zero-order valence-corrected chi connectivity index (χ0v) is 11.0. The lowest BCUT2D eigenvalue weighted by atomic mass is 10.1. The third-order valence-electron chi connectivity index (χ3n) is 2.87. The van der Waals surface area contributed by atoms with E-state index in [9.17, 15) is 9.59 Å². The van der Waals surface area contributed by atoms with Crippen molar-refractivity contribution in [3.63, 3.8) is 0 Å². The fraction of sp³-hybridized carbons (Fsp3) is 0.286. The van der Waals surface area contributed by atoms with Gasteiger partial charge in [-0.1, -0.05) is 12.1 Å². The number of carboxylic acid groups (broad SMARTS) is 1. The van der Waals surface area contributed by atoms with Crippen LogP contribution in [-0.4, -0.2) is 48.1 Å². The highest BCUT2D eigenvalue weighted by Gasteiger charge is 2.24. The number of anilines is 1. The van der Waals surface area contributed by atoms with E-state index in [2.05, 4.69) is 11.9 Å². The Balaban J connectivity index is 2.31. The topological polar surface area (TPSA) is 78.9 Å². The molecule has 0 saturated carbocycles. The number of carboxylic acids is 1. The number of carbonyl (C=O) groups is 2. The highest BCUT2D eigenvalue weighted by Crippen LogP contribution is 2.31. The van der Waals surface area contributed by atoms with Crippen LogP contribution in [0, 0.1) is 0 Å². The molecule has 0 bridgehead atoms. The number of para-hydroxylation sites is 1. The van der Waals surface area contributed by atoms with E-state index in [1.807, 2.05) is 6.07 Å². The Bertz CT molecular complexity index is 542. The van der Waals surface area contributed by atoms with Crippen LogP contribution in [-0.2, 0) is 4.79 Å². The van der Waals surface area contributed by atoms with Gasteiger partial charge in [-0.15, -0.1) is 6.58 Å². The summed E-state index contributed by atoms with van der Waals surface area (Å²) < 4.78 is 5.53. The standard InChI is InChI=1S/C14H16N2O4/c1-2-7-16(9-12(17)18)14(19)10-4-3-5-11-13(10)20-8-6-15-11/h2-5,15H,1,6-9H2,(H,17,18). The van der Waals surface area contributed by atoms with E-state index in [4.69, 9.17) is 9.84 Å². The summed E-state index contributed by atoms with van der Waals surface area (Å²) in [5, 5.41) is 12.0. The number of aliphatic carboxylic acids is 1. The molecule has 0 saturated heterocycles. The van der Waals surface area contributed by atoms with Crippen molar-refractivity contribution in [2.75, 3.05) is 31.6 Å². The van der Waals surface area contributed by atoms with E-state index in [1.54, 1.807) is 12.1 Å². The molecule has 6 heteroatoms. The summed E-state index contributed by atoms with van der Waals surface area (Å²) in [6.45, 7) is 4.48. The summed E-state index contributed by atoms with van der Waals surface area (Å²) in [7, 11) is 0. The molecule has 0 aromatic heterocycles. The minimum absolute atomic E-state index is 0.169. The van der Waals surface area contributed by atoms with Crippen LogP contribution >= 0.6 is 0 Å². The van der Waals surface area contributed by atoms with E-state index in [-0.39, 0.29) is 19.0 Å². The van der Waals surface area contributed by atoms with Crippen LogP contribution in [0.5, 0.6) is 5.75 Å². The van der Waals surface area contributed by atoms with Crippen molar-refractivity contribution >= 4 is 17.6 Å². The predicted molar refractivity (Wildman–Crippen MR) is 74.2 cm³/mol. The van der Waals surface area contributed by atoms with Gasteiger partial charge in [0.15, 0.2) is 5.75 Å². The fourth-order valence-corrected chi connectivity index (χ4v) is 2.05. The van der Waals surface area contributed by atoms with Gasteiger partial charge in [0, 0.05) is 13.1 Å². The maximum Gasteiger partial charge on any atom is 0.323 e. The third kappa shape index (κ3) is 2.90. The Kier molecular flexibility index (Phi) is 4.24. The molecule has 1 aromatic rings. The van der Waals surface area contributed by atoms with Gasteiger partial charge in [-0.2, -0.15) is 0 Å². The molecule has 0 radical (unpaired) electrons. The number of nitrogens with zero attached hydrogens (tertiary/aromatic N) is 1. The van der Waals surface area contributed by atoms with Gasteiger partial charge in [0.25, 0.3) is 5.91 Å². The molecule has 1 aromatic carbocycles. The lowest BCUT2D eigenvalue weighted by molar-refractivity contribution is -0.137. The van der Waals surface area contributed by atoms with Crippen molar-refractivity contribution in [2.24, 2.45) is 0 Å². The van der Waals surface area contributed by atoms with Gasteiger partial charge in [-0.05, 0) is 12.1 Å². The first-order chi connectivity index (χ1) is 9.63. The Labute approximate surface area is 116 Å². The Morgan fingerprint density at radius 3 is 3.00 bits per heavy atom. The van der Waals surface area contributed by atoms with Crippen LogP contribution in [0.3, 0.4) is 0 Å². The Morgan fingerprint density at radius 2 is 2.30 bits per heavy atom. The third-order valence-corrected chi connectivity index (χ3v) is 2.87. The molecule has 0 atom stereocenters. The number of rotatable bonds is 5. The molecule has 0 unspecified atom stereocenters. The summed E-state index contributed by atoms with van der Waals surface area (Å²) in [5.74, 6) is -0.972. The molecular weight excluding hydrogens is 260 g/mol. The molecule has 1 amide bonds. The van der Waals surface area contributed by atoms with Gasteiger partial charge < -0.3 is 20.1 Å². The first-order valence-electron chi connectivity index (χ1n) is 6.25. The number of amides is 1. The number of carbonyl (C=O) groups excluding carboxylic acids is 1. The highest BCUT2D eigenvalue weighted by molar-refractivity contribution is 6.00. The zero-order valence-electron chi connectivity index (χ0n) is 11.0. The fourth-order valence-electron chi connectivity index (χ4n) is 2.05. The molecule has 2 rings (SSSR count). The molecular formula is C14H16N2O4. The second-order valence-corrected chi connectivity index (χ2v) is 4.33. The molecule has 1 heterocycles.